The van der Waals surface area contributed by atoms with Crippen LogP contribution in [0.3, 0.4) is 0 Å². The maximum absolute atomic E-state index is 5.40. The van der Waals surface area contributed by atoms with Crippen molar-refractivity contribution in [1.82, 2.24) is 25.0 Å². The average molecular weight is 365 g/mol. The van der Waals surface area contributed by atoms with Crippen molar-refractivity contribution in [1.29, 1.82) is 0 Å². The summed E-state index contributed by atoms with van der Waals surface area (Å²) in [4.78, 5) is 15.2. The number of piperidine rings is 1. The molecule has 6 heteroatoms. The second-order valence-corrected chi connectivity index (χ2v) is 7.24. The Bertz CT molecular complexity index is 841. The summed E-state index contributed by atoms with van der Waals surface area (Å²) < 4.78 is 5.40. The fourth-order valence-electron chi connectivity index (χ4n) is 3.73. The molecule has 4 rings (SSSR count). The van der Waals surface area contributed by atoms with E-state index in [1.54, 1.807) is 0 Å². The number of hydrogen-bond donors (Lipinski definition) is 1. The largest absolute Gasteiger partial charge is 0.341 e. The van der Waals surface area contributed by atoms with Crippen LogP contribution in [0.1, 0.15) is 62.6 Å². The van der Waals surface area contributed by atoms with E-state index in [2.05, 4.69) is 51.2 Å². The lowest BCUT2D eigenvalue weighted by Gasteiger charge is -2.33. The highest BCUT2D eigenvalue weighted by molar-refractivity contribution is 5.58. The molecule has 0 saturated carbocycles. The molecule has 0 radical (unpaired) electrons. The number of unbranched alkanes of at least 4 members (excludes halogenated alkanes) is 1. The predicted octanol–water partition coefficient (Wildman–Crippen LogP) is 4.53. The maximum Gasteiger partial charge on any atom is 0.226 e. The second kappa shape index (κ2) is 8.48. The Hall–Kier alpha value is -2.47. The molecule has 1 fully saturated rings. The van der Waals surface area contributed by atoms with Gasteiger partial charge in [-0.25, -0.2) is 4.98 Å². The van der Waals surface area contributed by atoms with Gasteiger partial charge in [0.1, 0.15) is 5.82 Å². The Labute approximate surface area is 160 Å². The van der Waals surface area contributed by atoms with E-state index in [4.69, 9.17) is 9.51 Å². The summed E-state index contributed by atoms with van der Waals surface area (Å²) in [5, 5.41) is 4.19. The van der Waals surface area contributed by atoms with Crippen LogP contribution >= 0.6 is 0 Å². The van der Waals surface area contributed by atoms with Crippen LogP contribution in [0.4, 0.5) is 0 Å². The van der Waals surface area contributed by atoms with Crippen molar-refractivity contribution in [2.75, 3.05) is 6.54 Å². The number of aryl methyl sites for hydroxylation is 1. The monoisotopic (exact) mass is 365 g/mol. The summed E-state index contributed by atoms with van der Waals surface area (Å²) in [5.74, 6) is 2.57. The van der Waals surface area contributed by atoms with Crippen LogP contribution in [-0.2, 0) is 13.0 Å². The summed E-state index contributed by atoms with van der Waals surface area (Å²) in [6.07, 6.45) is 8.54. The van der Waals surface area contributed by atoms with Crippen molar-refractivity contribution in [3.63, 3.8) is 0 Å². The molecule has 1 aromatic carbocycles. The molecular weight excluding hydrogens is 338 g/mol. The molecule has 1 aliphatic rings. The van der Waals surface area contributed by atoms with Gasteiger partial charge in [0.15, 0.2) is 5.82 Å². The van der Waals surface area contributed by atoms with Crippen molar-refractivity contribution < 1.29 is 4.52 Å². The van der Waals surface area contributed by atoms with Crippen LogP contribution in [0.15, 0.2) is 41.1 Å². The van der Waals surface area contributed by atoms with E-state index < -0.39 is 0 Å². The standard InChI is InChI=1S/C21H27N5O/c1-2-3-12-20-24-19(25-27-20)15-26-13-8-7-11-18(26)21-22-14-17(23-21)16-9-5-4-6-10-16/h4-6,9-10,14,18H,2-3,7-8,11-13,15H2,1H3,(H,22,23)/t18-/m1/s1. The van der Waals surface area contributed by atoms with Crippen molar-refractivity contribution in [3.8, 4) is 11.3 Å². The zero-order chi connectivity index (χ0) is 18.5. The topological polar surface area (TPSA) is 70.8 Å². The van der Waals surface area contributed by atoms with E-state index in [-0.39, 0.29) is 6.04 Å². The zero-order valence-electron chi connectivity index (χ0n) is 15.9. The quantitative estimate of drug-likeness (QED) is 0.666. The predicted molar refractivity (Wildman–Crippen MR) is 104 cm³/mol. The first-order chi connectivity index (χ1) is 13.3. The van der Waals surface area contributed by atoms with Gasteiger partial charge in [-0.05, 0) is 31.4 Å². The molecule has 3 heterocycles. The normalized spacial score (nSPS) is 18.0. The summed E-state index contributed by atoms with van der Waals surface area (Å²) in [7, 11) is 0. The number of aromatic nitrogens is 4. The van der Waals surface area contributed by atoms with Gasteiger partial charge in [-0.3, -0.25) is 4.90 Å². The zero-order valence-corrected chi connectivity index (χ0v) is 15.9. The van der Waals surface area contributed by atoms with E-state index in [9.17, 15) is 0 Å². The first-order valence-corrected chi connectivity index (χ1v) is 9.99. The van der Waals surface area contributed by atoms with Crippen LogP contribution in [-0.4, -0.2) is 31.6 Å². The molecule has 0 unspecified atom stereocenters. The minimum Gasteiger partial charge on any atom is -0.341 e. The van der Waals surface area contributed by atoms with Crippen molar-refractivity contribution >= 4 is 0 Å². The third-order valence-electron chi connectivity index (χ3n) is 5.21. The molecule has 0 aliphatic carbocycles. The smallest absolute Gasteiger partial charge is 0.226 e. The van der Waals surface area contributed by atoms with Gasteiger partial charge in [0.2, 0.25) is 5.89 Å². The van der Waals surface area contributed by atoms with E-state index in [1.807, 2.05) is 12.3 Å². The van der Waals surface area contributed by atoms with Crippen molar-refractivity contribution in [3.05, 3.63) is 54.1 Å². The second-order valence-electron chi connectivity index (χ2n) is 7.24. The number of hydrogen-bond acceptors (Lipinski definition) is 5. The first-order valence-electron chi connectivity index (χ1n) is 9.99. The van der Waals surface area contributed by atoms with E-state index in [1.165, 1.54) is 12.8 Å². The molecule has 0 spiro atoms. The number of nitrogens with one attached hydrogen (secondary N) is 1. The molecule has 0 bridgehead atoms. The van der Waals surface area contributed by atoms with E-state index in [0.29, 0.717) is 6.54 Å². The highest BCUT2D eigenvalue weighted by Crippen LogP contribution is 2.31. The molecule has 27 heavy (non-hydrogen) atoms. The van der Waals surface area contributed by atoms with Gasteiger partial charge in [-0.1, -0.05) is 55.3 Å². The van der Waals surface area contributed by atoms with E-state index >= 15 is 0 Å². The van der Waals surface area contributed by atoms with Crippen molar-refractivity contribution in [2.45, 2.75) is 58.0 Å². The van der Waals surface area contributed by atoms with Crippen LogP contribution in [0.5, 0.6) is 0 Å². The molecule has 0 amide bonds. The maximum atomic E-state index is 5.40. The van der Waals surface area contributed by atoms with Crippen LogP contribution in [0, 0.1) is 0 Å². The van der Waals surface area contributed by atoms with Crippen LogP contribution < -0.4 is 0 Å². The Balaban J connectivity index is 1.48. The summed E-state index contributed by atoms with van der Waals surface area (Å²) in [6.45, 7) is 3.91. The number of imidazole rings is 1. The van der Waals surface area contributed by atoms with Gasteiger partial charge in [-0.15, -0.1) is 0 Å². The van der Waals surface area contributed by atoms with Gasteiger partial charge in [0.05, 0.1) is 24.5 Å². The lowest BCUT2D eigenvalue weighted by molar-refractivity contribution is 0.129. The minimum absolute atomic E-state index is 0.272. The van der Waals surface area contributed by atoms with Crippen molar-refractivity contribution in [2.24, 2.45) is 0 Å². The molecule has 2 aromatic heterocycles. The number of H-pyrrole nitrogens is 1. The highest BCUT2D eigenvalue weighted by atomic mass is 16.5. The molecular formula is C21H27N5O. The number of benzene rings is 1. The lowest BCUT2D eigenvalue weighted by Crippen LogP contribution is -2.33. The molecule has 3 aromatic rings. The number of nitrogens with zero attached hydrogens (tertiary/aromatic N) is 4. The van der Waals surface area contributed by atoms with Gasteiger partial charge < -0.3 is 9.51 Å². The Kier molecular flexibility index (Phi) is 5.63. The fraction of sp³-hybridized carbons (Fsp3) is 0.476. The number of likely N-dealkylation sites (tertiary alicyclic amines) is 1. The third kappa shape index (κ3) is 4.27. The molecule has 1 atom stereocenters. The SMILES string of the molecule is CCCCc1nc(CN2CCCC[C@@H]2c2ncc(-c3ccccc3)[nH]2)no1. The van der Waals surface area contributed by atoms with Gasteiger partial charge in [-0.2, -0.15) is 4.98 Å². The molecule has 1 saturated heterocycles. The summed E-state index contributed by atoms with van der Waals surface area (Å²) in [5.41, 5.74) is 2.23. The molecule has 1 N–H and O–H groups in total. The summed E-state index contributed by atoms with van der Waals surface area (Å²) in [6, 6.07) is 10.6. The minimum atomic E-state index is 0.272. The molecule has 6 nitrogen and oxygen atoms in total. The van der Waals surface area contributed by atoms with Gasteiger partial charge in [0, 0.05) is 6.42 Å². The highest BCUT2D eigenvalue weighted by Gasteiger charge is 2.27. The fourth-order valence-corrected chi connectivity index (χ4v) is 3.73. The molecule has 1 aliphatic heterocycles. The Morgan fingerprint density at radius 3 is 2.96 bits per heavy atom. The van der Waals surface area contributed by atoms with Gasteiger partial charge in [0.25, 0.3) is 0 Å². The number of rotatable bonds is 7. The summed E-state index contributed by atoms with van der Waals surface area (Å²) >= 11 is 0. The first kappa shape index (κ1) is 17.9. The van der Waals surface area contributed by atoms with Crippen LogP contribution in [0.25, 0.3) is 11.3 Å². The Morgan fingerprint density at radius 2 is 2.11 bits per heavy atom. The lowest BCUT2D eigenvalue weighted by atomic mass is 10.0. The average Bonchev–Trinajstić information content (AvgIpc) is 3.37. The number of aromatic amines is 1. The Morgan fingerprint density at radius 1 is 1.22 bits per heavy atom. The molecule has 142 valence electrons. The van der Waals surface area contributed by atoms with Gasteiger partial charge >= 0.3 is 0 Å². The third-order valence-corrected chi connectivity index (χ3v) is 5.21. The van der Waals surface area contributed by atoms with Crippen LogP contribution in [0.2, 0.25) is 0 Å². The van der Waals surface area contributed by atoms with E-state index in [0.717, 1.165) is 61.0 Å².